The second-order valence-electron chi connectivity index (χ2n) is 8.00. The molecule has 0 N–H and O–H groups in total. The first-order valence-electron chi connectivity index (χ1n) is 8.93. The number of rotatable bonds is 3. The highest BCUT2D eigenvalue weighted by Crippen LogP contribution is 2.40. The molecule has 2 aliphatic heterocycles. The van der Waals surface area contributed by atoms with Gasteiger partial charge in [0.05, 0.1) is 12.2 Å². The average Bonchev–Trinajstić information content (AvgIpc) is 2.98. The van der Waals surface area contributed by atoms with Gasteiger partial charge in [-0.1, -0.05) is 0 Å². The Hall–Kier alpha value is -2.38. The molecule has 3 rings (SSSR count). The molecule has 2 aliphatic rings. The van der Waals surface area contributed by atoms with Crippen LogP contribution in [0.5, 0.6) is 0 Å². The van der Waals surface area contributed by atoms with Crippen LogP contribution < -0.4 is 4.90 Å². The fraction of sp³-hybridized carbons (Fsp3) is 0.667. The molecule has 0 aromatic carbocycles. The van der Waals surface area contributed by atoms with Crippen molar-refractivity contribution in [1.29, 1.82) is 0 Å². The minimum Gasteiger partial charge on any atom is -0.462 e. The van der Waals surface area contributed by atoms with Crippen LogP contribution in [0.2, 0.25) is 0 Å². The van der Waals surface area contributed by atoms with Gasteiger partial charge in [-0.25, -0.2) is 19.6 Å². The zero-order valence-electron chi connectivity index (χ0n) is 15.8. The van der Waals surface area contributed by atoms with Gasteiger partial charge in [0.1, 0.15) is 5.60 Å². The third kappa shape index (κ3) is 3.89. The fourth-order valence-electron chi connectivity index (χ4n) is 3.39. The summed E-state index contributed by atoms with van der Waals surface area (Å²) in [7, 11) is 0. The van der Waals surface area contributed by atoms with E-state index in [4.69, 9.17) is 9.47 Å². The minimum atomic E-state index is -0.476. The first-order valence-corrected chi connectivity index (χ1v) is 8.93. The molecule has 0 bridgehead atoms. The predicted molar refractivity (Wildman–Crippen MR) is 95.1 cm³/mol. The van der Waals surface area contributed by atoms with Crippen molar-refractivity contribution in [2.75, 3.05) is 37.7 Å². The minimum absolute atomic E-state index is 0.0834. The summed E-state index contributed by atoms with van der Waals surface area (Å²) in [5.41, 5.74) is -0.0416. The van der Waals surface area contributed by atoms with Crippen LogP contribution in [0.1, 0.15) is 44.5 Å². The summed E-state index contributed by atoms with van der Waals surface area (Å²) in [4.78, 5) is 36.2. The van der Waals surface area contributed by atoms with E-state index in [-0.39, 0.29) is 11.5 Å². The van der Waals surface area contributed by atoms with E-state index in [9.17, 15) is 9.59 Å². The van der Waals surface area contributed by atoms with E-state index in [2.05, 4.69) is 14.9 Å². The largest absolute Gasteiger partial charge is 0.462 e. The van der Waals surface area contributed by atoms with Crippen molar-refractivity contribution in [3.8, 4) is 0 Å². The molecule has 0 radical (unpaired) electrons. The number of anilines is 1. The van der Waals surface area contributed by atoms with Crippen LogP contribution in [-0.4, -0.2) is 65.3 Å². The molecule has 1 aromatic rings. The van der Waals surface area contributed by atoms with Crippen molar-refractivity contribution >= 4 is 18.0 Å². The Morgan fingerprint density at radius 3 is 2.42 bits per heavy atom. The molecule has 1 spiro atoms. The smallest absolute Gasteiger partial charge is 0.410 e. The van der Waals surface area contributed by atoms with Gasteiger partial charge in [0, 0.05) is 44.0 Å². The molecule has 0 atom stereocenters. The predicted octanol–water partition coefficient (Wildman–Crippen LogP) is 2.10. The number of carbonyl (C=O) groups is 2. The molecular formula is C18H26N4O4. The number of aromatic nitrogens is 2. The normalized spacial score (nSPS) is 18.6. The second kappa shape index (κ2) is 6.74. The van der Waals surface area contributed by atoms with Crippen LogP contribution in [0.15, 0.2) is 12.4 Å². The maximum atomic E-state index is 12.1. The lowest BCUT2D eigenvalue weighted by Gasteiger charge is -2.47. The van der Waals surface area contributed by atoms with E-state index in [1.165, 1.54) is 12.4 Å². The highest BCUT2D eigenvalue weighted by molar-refractivity contribution is 5.88. The lowest BCUT2D eigenvalue weighted by molar-refractivity contribution is -0.0266. The Balaban J connectivity index is 1.55. The number of ether oxygens (including phenoxy) is 2. The number of hydrogen-bond acceptors (Lipinski definition) is 7. The fourth-order valence-corrected chi connectivity index (χ4v) is 3.39. The van der Waals surface area contributed by atoms with Gasteiger partial charge in [-0.15, -0.1) is 0 Å². The Labute approximate surface area is 153 Å². The van der Waals surface area contributed by atoms with Gasteiger partial charge in [0.25, 0.3) is 0 Å². The molecule has 26 heavy (non-hydrogen) atoms. The van der Waals surface area contributed by atoms with Gasteiger partial charge in [0.2, 0.25) is 5.95 Å². The number of carbonyl (C=O) groups excluding carboxylic acids is 2. The zero-order valence-corrected chi connectivity index (χ0v) is 15.8. The lowest BCUT2D eigenvalue weighted by atomic mass is 9.79. The molecule has 8 heteroatoms. The summed E-state index contributed by atoms with van der Waals surface area (Å²) < 4.78 is 10.4. The number of likely N-dealkylation sites (tertiary alicyclic amines) is 1. The van der Waals surface area contributed by atoms with Gasteiger partial charge >= 0.3 is 12.1 Å². The first-order chi connectivity index (χ1) is 12.2. The number of hydrogen-bond donors (Lipinski definition) is 0. The maximum Gasteiger partial charge on any atom is 0.410 e. The summed E-state index contributed by atoms with van der Waals surface area (Å²) >= 11 is 0. The quantitative estimate of drug-likeness (QED) is 0.761. The van der Waals surface area contributed by atoms with Gasteiger partial charge < -0.3 is 19.3 Å². The van der Waals surface area contributed by atoms with E-state index in [0.717, 1.165) is 19.5 Å². The molecule has 1 aromatic heterocycles. The molecule has 0 saturated carbocycles. The van der Waals surface area contributed by atoms with Crippen molar-refractivity contribution in [3.05, 3.63) is 18.0 Å². The number of nitrogens with zero attached hydrogens (tertiary/aromatic N) is 4. The Morgan fingerprint density at radius 2 is 1.85 bits per heavy atom. The maximum absolute atomic E-state index is 12.1. The average molecular weight is 362 g/mol. The highest BCUT2D eigenvalue weighted by Gasteiger charge is 2.50. The van der Waals surface area contributed by atoms with E-state index in [1.54, 1.807) is 11.8 Å². The number of esters is 1. The van der Waals surface area contributed by atoms with Gasteiger partial charge in [-0.05, 0) is 34.1 Å². The summed E-state index contributed by atoms with van der Waals surface area (Å²) in [6.45, 7) is 10.7. The van der Waals surface area contributed by atoms with Gasteiger partial charge in [0.15, 0.2) is 0 Å². The van der Waals surface area contributed by atoms with Crippen LogP contribution in [0.25, 0.3) is 0 Å². The molecule has 2 saturated heterocycles. The van der Waals surface area contributed by atoms with E-state index >= 15 is 0 Å². The van der Waals surface area contributed by atoms with E-state index in [1.807, 2.05) is 20.8 Å². The Kier molecular flexibility index (Phi) is 4.77. The van der Waals surface area contributed by atoms with E-state index < -0.39 is 11.6 Å². The molecule has 2 fully saturated rings. The Morgan fingerprint density at radius 1 is 1.19 bits per heavy atom. The molecule has 0 aliphatic carbocycles. The van der Waals surface area contributed by atoms with E-state index in [0.29, 0.717) is 31.2 Å². The van der Waals surface area contributed by atoms with Crippen molar-refractivity contribution < 1.29 is 19.1 Å². The third-order valence-corrected chi connectivity index (χ3v) is 4.57. The van der Waals surface area contributed by atoms with Gasteiger partial charge in [-0.3, -0.25) is 0 Å². The first kappa shape index (κ1) is 18.4. The van der Waals surface area contributed by atoms with Gasteiger partial charge in [-0.2, -0.15) is 0 Å². The van der Waals surface area contributed by atoms with Crippen LogP contribution in [0.4, 0.5) is 10.7 Å². The molecule has 1 amide bonds. The zero-order chi connectivity index (χ0) is 18.9. The topological polar surface area (TPSA) is 84.9 Å². The van der Waals surface area contributed by atoms with Crippen molar-refractivity contribution in [1.82, 2.24) is 14.9 Å². The number of amides is 1. The second-order valence-corrected chi connectivity index (χ2v) is 8.00. The van der Waals surface area contributed by atoms with Crippen molar-refractivity contribution in [2.45, 2.75) is 39.7 Å². The standard InChI is InChI=1S/C18H26N4O4/c1-5-25-14(23)13-8-19-15(20-9-13)21-7-6-18(10-21)11-22(12-18)16(24)26-17(2,3)4/h8-9H,5-7,10-12H2,1-4H3. The van der Waals surface area contributed by atoms with Crippen LogP contribution >= 0.6 is 0 Å². The summed E-state index contributed by atoms with van der Waals surface area (Å²) in [5.74, 6) is 0.189. The Bertz CT molecular complexity index is 677. The third-order valence-electron chi connectivity index (χ3n) is 4.57. The lowest BCUT2D eigenvalue weighted by Crippen LogP contribution is -2.60. The summed E-state index contributed by atoms with van der Waals surface area (Å²) in [6, 6.07) is 0. The summed E-state index contributed by atoms with van der Waals surface area (Å²) in [5, 5.41) is 0. The highest BCUT2D eigenvalue weighted by atomic mass is 16.6. The molecule has 142 valence electrons. The molecule has 8 nitrogen and oxygen atoms in total. The van der Waals surface area contributed by atoms with Crippen LogP contribution in [0, 0.1) is 5.41 Å². The SMILES string of the molecule is CCOC(=O)c1cnc(N2CCC3(CN(C(=O)OC(C)(C)C)C3)C2)nc1. The van der Waals surface area contributed by atoms with Crippen molar-refractivity contribution in [3.63, 3.8) is 0 Å². The molecule has 0 unspecified atom stereocenters. The molecule has 3 heterocycles. The van der Waals surface area contributed by atoms with Crippen LogP contribution in [-0.2, 0) is 9.47 Å². The van der Waals surface area contributed by atoms with Crippen molar-refractivity contribution in [2.24, 2.45) is 5.41 Å². The van der Waals surface area contributed by atoms with Crippen LogP contribution in [0.3, 0.4) is 0 Å². The summed E-state index contributed by atoms with van der Waals surface area (Å²) in [6.07, 6.45) is 3.73. The monoisotopic (exact) mass is 362 g/mol. The molecular weight excluding hydrogens is 336 g/mol.